The quantitative estimate of drug-likeness (QED) is 0.644. The van der Waals surface area contributed by atoms with Crippen molar-refractivity contribution >= 4 is 17.5 Å². The molecule has 1 aliphatic heterocycles. The molecule has 1 aromatic heterocycles. The zero-order valence-corrected chi connectivity index (χ0v) is 11.9. The lowest BCUT2D eigenvalue weighted by molar-refractivity contribution is -0.384. The van der Waals surface area contributed by atoms with Crippen molar-refractivity contribution in [2.45, 2.75) is 32.4 Å². The molecular weight excluding hydrogens is 262 g/mol. The maximum Gasteiger partial charge on any atom is 0.329 e. The standard InChI is InChI=1S/C12H19N5O3/c1-4-13-12-14-7-10(17(18)19)11(15-12)16(3)9-5-6-20-8(9)2/h7-9H,4-6H2,1-3H3,(H,13,14,15). The van der Waals surface area contributed by atoms with Crippen LogP contribution in [0.1, 0.15) is 20.3 Å². The molecule has 2 rings (SSSR count). The summed E-state index contributed by atoms with van der Waals surface area (Å²) >= 11 is 0. The van der Waals surface area contributed by atoms with Gasteiger partial charge in [0.05, 0.1) is 17.1 Å². The maximum atomic E-state index is 11.1. The zero-order chi connectivity index (χ0) is 14.7. The largest absolute Gasteiger partial charge is 0.376 e. The molecule has 0 bridgehead atoms. The van der Waals surface area contributed by atoms with E-state index in [1.54, 1.807) is 7.05 Å². The number of anilines is 2. The molecule has 1 aliphatic rings. The van der Waals surface area contributed by atoms with E-state index in [1.807, 2.05) is 18.7 Å². The van der Waals surface area contributed by atoms with Crippen molar-refractivity contribution in [3.63, 3.8) is 0 Å². The Morgan fingerprint density at radius 3 is 2.95 bits per heavy atom. The number of rotatable bonds is 5. The Morgan fingerprint density at radius 2 is 2.40 bits per heavy atom. The van der Waals surface area contributed by atoms with Crippen LogP contribution in [0.4, 0.5) is 17.5 Å². The van der Waals surface area contributed by atoms with E-state index < -0.39 is 4.92 Å². The van der Waals surface area contributed by atoms with Crippen LogP contribution in [-0.2, 0) is 4.74 Å². The van der Waals surface area contributed by atoms with E-state index in [0.29, 0.717) is 24.9 Å². The fourth-order valence-corrected chi connectivity index (χ4v) is 2.38. The molecule has 1 aromatic rings. The van der Waals surface area contributed by atoms with E-state index in [9.17, 15) is 10.1 Å². The molecule has 8 nitrogen and oxygen atoms in total. The Bertz CT molecular complexity index is 496. The molecule has 2 atom stereocenters. The van der Waals surface area contributed by atoms with E-state index in [-0.39, 0.29) is 17.8 Å². The molecule has 0 amide bonds. The van der Waals surface area contributed by atoms with Crippen molar-refractivity contribution in [3.05, 3.63) is 16.3 Å². The molecule has 0 aliphatic carbocycles. The third-order valence-electron chi connectivity index (χ3n) is 3.45. The highest BCUT2D eigenvalue weighted by molar-refractivity contribution is 5.59. The lowest BCUT2D eigenvalue weighted by Crippen LogP contribution is -2.37. The fourth-order valence-electron chi connectivity index (χ4n) is 2.38. The van der Waals surface area contributed by atoms with Crippen molar-refractivity contribution in [2.24, 2.45) is 0 Å². The summed E-state index contributed by atoms with van der Waals surface area (Å²) in [6.45, 7) is 5.20. The molecule has 20 heavy (non-hydrogen) atoms. The van der Waals surface area contributed by atoms with Gasteiger partial charge in [-0.15, -0.1) is 0 Å². The van der Waals surface area contributed by atoms with Gasteiger partial charge in [-0.3, -0.25) is 10.1 Å². The van der Waals surface area contributed by atoms with Crippen molar-refractivity contribution in [1.29, 1.82) is 0 Å². The first-order valence-corrected chi connectivity index (χ1v) is 6.64. The van der Waals surface area contributed by atoms with E-state index in [1.165, 1.54) is 6.20 Å². The number of nitrogens with zero attached hydrogens (tertiary/aromatic N) is 4. The van der Waals surface area contributed by atoms with Crippen LogP contribution in [0.25, 0.3) is 0 Å². The highest BCUT2D eigenvalue weighted by atomic mass is 16.6. The summed E-state index contributed by atoms with van der Waals surface area (Å²) in [6, 6.07) is 0.0816. The van der Waals surface area contributed by atoms with Crippen LogP contribution >= 0.6 is 0 Å². The molecule has 110 valence electrons. The summed E-state index contributed by atoms with van der Waals surface area (Å²) in [5, 5.41) is 14.1. The third kappa shape index (κ3) is 2.79. The molecule has 8 heteroatoms. The molecule has 0 saturated carbocycles. The minimum absolute atomic E-state index is 0.0251. The maximum absolute atomic E-state index is 11.1. The Morgan fingerprint density at radius 1 is 1.65 bits per heavy atom. The van der Waals surface area contributed by atoms with Gasteiger partial charge in [-0.2, -0.15) is 4.98 Å². The van der Waals surface area contributed by atoms with Gasteiger partial charge in [-0.1, -0.05) is 0 Å². The number of likely N-dealkylation sites (N-methyl/N-ethyl adjacent to an activating group) is 1. The summed E-state index contributed by atoms with van der Waals surface area (Å²) in [6.07, 6.45) is 2.10. The lowest BCUT2D eigenvalue weighted by Gasteiger charge is -2.27. The van der Waals surface area contributed by atoms with Gasteiger partial charge >= 0.3 is 5.69 Å². The molecule has 0 radical (unpaired) electrons. The number of hydrogen-bond acceptors (Lipinski definition) is 7. The van der Waals surface area contributed by atoms with Gasteiger partial charge in [-0.25, -0.2) is 4.98 Å². The first-order chi connectivity index (χ1) is 9.54. The van der Waals surface area contributed by atoms with Crippen LogP contribution in [-0.4, -0.2) is 47.2 Å². The predicted molar refractivity (Wildman–Crippen MR) is 75.1 cm³/mol. The van der Waals surface area contributed by atoms with Gasteiger partial charge < -0.3 is 15.0 Å². The number of hydrogen-bond donors (Lipinski definition) is 1. The van der Waals surface area contributed by atoms with E-state index >= 15 is 0 Å². The second-order valence-corrected chi connectivity index (χ2v) is 4.73. The van der Waals surface area contributed by atoms with Crippen LogP contribution in [0.5, 0.6) is 0 Å². The smallest absolute Gasteiger partial charge is 0.329 e. The Balaban J connectivity index is 2.35. The lowest BCUT2D eigenvalue weighted by atomic mass is 10.1. The van der Waals surface area contributed by atoms with Crippen LogP contribution in [0.3, 0.4) is 0 Å². The molecule has 2 heterocycles. The van der Waals surface area contributed by atoms with E-state index in [2.05, 4.69) is 15.3 Å². The van der Waals surface area contributed by atoms with Crippen LogP contribution in [0, 0.1) is 10.1 Å². The topological polar surface area (TPSA) is 93.4 Å². The van der Waals surface area contributed by atoms with Gasteiger partial charge in [-0.05, 0) is 20.3 Å². The second-order valence-electron chi connectivity index (χ2n) is 4.73. The molecule has 0 spiro atoms. The Labute approximate surface area is 117 Å². The minimum Gasteiger partial charge on any atom is -0.376 e. The molecular formula is C12H19N5O3. The average molecular weight is 281 g/mol. The minimum atomic E-state index is -0.456. The zero-order valence-electron chi connectivity index (χ0n) is 11.9. The first kappa shape index (κ1) is 14.4. The summed E-state index contributed by atoms with van der Waals surface area (Å²) in [5.74, 6) is 0.717. The molecule has 1 fully saturated rings. The van der Waals surface area contributed by atoms with Gasteiger partial charge in [0, 0.05) is 20.2 Å². The summed E-state index contributed by atoms with van der Waals surface area (Å²) < 4.78 is 5.52. The highest BCUT2D eigenvalue weighted by Crippen LogP contribution is 2.30. The average Bonchev–Trinajstić information content (AvgIpc) is 2.84. The number of nitro groups is 1. The van der Waals surface area contributed by atoms with Gasteiger partial charge in [0.15, 0.2) is 0 Å². The number of aromatic nitrogens is 2. The van der Waals surface area contributed by atoms with Gasteiger partial charge in [0.25, 0.3) is 0 Å². The molecule has 1 saturated heterocycles. The Hall–Kier alpha value is -1.96. The summed E-state index contributed by atoms with van der Waals surface area (Å²) in [5.41, 5.74) is -0.0896. The van der Waals surface area contributed by atoms with E-state index in [4.69, 9.17) is 4.74 Å². The molecule has 2 unspecified atom stereocenters. The normalized spacial score (nSPS) is 21.8. The molecule has 1 N–H and O–H groups in total. The summed E-state index contributed by atoms with van der Waals surface area (Å²) in [7, 11) is 1.81. The van der Waals surface area contributed by atoms with Crippen LogP contribution < -0.4 is 10.2 Å². The first-order valence-electron chi connectivity index (χ1n) is 6.64. The number of ether oxygens (including phenoxy) is 1. The van der Waals surface area contributed by atoms with E-state index in [0.717, 1.165) is 6.42 Å². The second kappa shape index (κ2) is 6.00. The third-order valence-corrected chi connectivity index (χ3v) is 3.45. The van der Waals surface area contributed by atoms with Crippen molar-refractivity contribution in [1.82, 2.24) is 9.97 Å². The fraction of sp³-hybridized carbons (Fsp3) is 0.667. The van der Waals surface area contributed by atoms with Crippen LogP contribution in [0.15, 0.2) is 6.20 Å². The number of nitrogens with one attached hydrogen (secondary N) is 1. The highest BCUT2D eigenvalue weighted by Gasteiger charge is 2.32. The van der Waals surface area contributed by atoms with Crippen LogP contribution in [0.2, 0.25) is 0 Å². The predicted octanol–water partition coefficient (Wildman–Crippen LogP) is 1.43. The van der Waals surface area contributed by atoms with Crippen molar-refractivity contribution in [3.8, 4) is 0 Å². The van der Waals surface area contributed by atoms with Crippen molar-refractivity contribution < 1.29 is 9.66 Å². The van der Waals surface area contributed by atoms with Gasteiger partial charge in [0.2, 0.25) is 11.8 Å². The van der Waals surface area contributed by atoms with Gasteiger partial charge in [0.1, 0.15) is 6.20 Å². The monoisotopic (exact) mass is 281 g/mol. The SMILES string of the molecule is CCNc1ncc([N+](=O)[O-])c(N(C)C2CCOC2C)n1. The molecule has 0 aromatic carbocycles. The summed E-state index contributed by atoms with van der Waals surface area (Å²) in [4.78, 5) is 20.7. The van der Waals surface area contributed by atoms with Crippen molar-refractivity contribution in [2.75, 3.05) is 30.4 Å². The Kier molecular flexibility index (Phi) is 4.33.